The number of likely N-dealkylation sites (N-methyl/N-ethyl adjacent to an activating group) is 1. The van der Waals surface area contributed by atoms with E-state index >= 15 is 0 Å². The molecule has 88 valence electrons. The van der Waals surface area contributed by atoms with Crippen molar-refractivity contribution in [2.45, 2.75) is 25.5 Å². The van der Waals surface area contributed by atoms with Crippen LogP contribution < -0.4 is 0 Å². The maximum atomic E-state index is 10.2. The predicted octanol–water partition coefficient (Wildman–Crippen LogP) is 0.959. The van der Waals surface area contributed by atoms with E-state index in [0.29, 0.717) is 6.54 Å². The van der Waals surface area contributed by atoms with Crippen LogP contribution in [-0.4, -0.2) is 40.9 Å². The highest BCUT2D eigenvalue weighted by Gasteiger charge is 2.33. The number of hydrogen-bond donors (Lipinski definition) is 2. The first-order valence-corrected chi connectivity index (χ1v) is 5.88. The molecule has 2 atom stereocenters. The minimum atomic E-state index is -0.414. The lowest BCUT2D eigenvalue weighted by atomic mass is 10.1. The summed E-state index contributed by atoms with van der Waals surface area (Å²) in [7, 11) is 0. The predicted molar refractivity (Wildman–Crippen MR) is 63.2 cm³/mol. The Morgan fingerprint density at radius 1 is 1.38 bits per heavy atom. The van der Waals surface area contributed by atoms with E-state index in [9.17, 15) is 5.11 Å². The molecule has 3 heteroatoms. The Balaban J connectivity index is 2.17. The Morgan fingerprint density at radius 3 is 2.75 bits per heavy atom. The molecule has 1 aliphatic carbocycles. The standard InChI is InChI=1S/C13H19NO2/c1-2-14(7-8-15)12-9-10-5-3-4-6-11(10)13(12)16/h3-6,12-13,15-16H,2,7-9H2,1H3. The van der Waals surface area contributed by atoms with Crippen LogP contribution in [-0.2, 0) is 6.42 Å². The molecule has 0 aliphatic heterocycles. The number of rotatable bonds is 4. The topological polar surface area (TPSA) is 43.7 Å². The summed E-state index contributed by atoms with van der Waals surface area (Å²) in [5, 5.41) is 19.3. The Hall–Kier alpha value is -0.900. The zero-order valence-electron chi connectivity index (χ0n) is 9.63. The van der Waals surface area contributed by atoms with Gasteiger partial charge in [-0.05, 0) is 24.1 Å². The average molecular weight is 221 g/mol. The molecule has 0 saturated heterocycles. The highest BCUT2D eigenvalue weighted by atomic mass is 16.3. The van der Waals surface area contributed by atoms with Crippen LogP contribution in [0.1, 0.15) is 24.2 Å². The lowest BCUT2D eigenvalue weighted by Crippen LogP contribution is -2.39. The van der Waals surface area contributed by atoms with Crippen LogP contribution in [0.2, 0.25) is 0 Å². The minimum absolute atomic E-state index is 0.120. The number of hydrogen-bond acceptors (Lipinski definition) is 3. The molecule has 3 nitrogen and oxygen atoms in total. The molecule has 0 heterocycles. The van der Waals surface area contributed by atoms with E-state index in [2.05, 4.69) is 17.9 Å². The molecular formula is C13H19NO2. The number of aliphatic hydroxyl groups excluding tert-OH is 2. The van der Waals surface area contributed by atoms with Gasteiger partial charge < -0.3 is 10.2 Å². The summed E-state index contributed by atoms with van der Waals surface area (Å²) in [5.41, 5.74) is 2.28. The van der Waals surface area contributed by atoms with Crippen LogP contribution in [0.15, 0.2) is 24.3 Å². The molecule has 2 N–H and O–H groups in total. The Bertz CT molecular complexity index is 354. The lowest BCUT2D eigenvalue weighted by molar-refractivity contribution is 0.0533. The fourth-order valence-corrected chi connectivity index (χ4v) is 2.57. The fraction of sp³-hybridized carbons (Fsp3) is 0.538. The Kier molecular flexibility index (Phi) is 3.59. The van der Waals surface area contributed by atoms with Gasteiger partial charge in [-0.1, -0.05) is 31.2 Å². The lowest BCUT2D eigenvalue weighted by Gasteiger charge is -2.29. The van der Waals surface area contributed by atoms with Gasteiger partial charge in [0.1, 0.15) is 0 Å². The molecule has 1 aromatic carbocycles. The molecule has 0 bridgehead atoms. The van der Waals surface area contributed by atoms with Gasteiger partial charge in [-0.2, -0.15) is 0 Å². The van der Waals surface area contributed by atoms with Gasteiger partial charge in [0.15, 0.2) is 0 Å². The van der Waals surface area contributed by atoms with E-state index in [1.165, 1.54) is 5.56 Å². The van der Waals surface area contributed by atoms with Gasteiger partial charge in [-0.25, -0.2) is 0 Å². The van der Waals surface area contributed by atoms with Crippen molar-refractivity contribution in [2.24, 2.45) is 0 Å². The third kappa shape index (κ3) is 1.98. The van der Waals surface area contributed by atoms with Crippen molar-refractivity contribution in [3.8, 4) is 0 Å². The van der Waals surface area contributed by atoms with Gasteiger partial charge in [-0.3, -0.25) is 4.90 Å². The van der Waals surface area contributed by atoms with Crippen LogP contribution in [0.3, 0.4) is 0 Å². The van der Waals surface area contributed by atoms with Crippen LogP contribution >= 0.6 is 0 Å². The number of fused-ring (bicyclic) bond motifs is 1. The van der Waals surface area contributed by atoms with Crippen LogP contribution in [0.25, 0.3) is 0 Å². The molecule has 0 fully saturated rings. The first-order valence-electron chi connectivity index (χ1n) is 5.88. The molecule has 0 aromatic heterocycles. The molecule has 2 unspecified atom stereocenters. The monoisotopic (exact) mass is 221 g/mol. The Labute approximate surface area is 96.3 Å². The van der Waals surface area contributed by atoms with Crippen molar-refractivity contribution >= 4 is 0 Å². The molecular weight excluding hydrogens is 202 g/mol. The van der Waals surface area contributed by atoms with Crippen LogP contribution in [0, 0.1) is 0 Å². The van der Waals surface area contributed by atoms with E-state index in [4.69, 9.17) is 5.11 Å². The SMILES string of the molecule is CCN(CCO)C1Cc2ccccc2C1O. The molecule has 1 aromatic rings. The second-order valence-corrected chi connectivity index (χ2v) is 4.27. The van der Waals surface area contributed by atoms with Gasteiger partial charge in [-0.15, -0.1) is 0 Å². The summed E-state index contributed by atoms with van der Waals surface area (Å²) in [5.74, 6) is 0. The molecule has 0 radical (unpaired) electrons. The molecule has 0 saturated carbocycles. The van der Waals surface area contributed by atoms with Crippen molar-refractivity contribution in [1.82, 2.24) is 4.90 Å². The quantitative estimate of drug-likeness (QED) is 0.796. The number of aliphatic hydroxyl groups is 2. The minimum Gasteiger partial charge on any atom is -0.395 e. The first kappa shape index (κ1) is 11.6. The third-order valence-corrected chi connectivity index (χ3v) is 3.43. The highest BCUT2D eigenvalue weighted by Crippen LogP contribution is 2.33. The fourth-order valence-electron chi connectivity index (χ4n) is 2.57. The number of benzene rings is 1. The van der Waals surface area contributed by atoms with Crippen molar-refractivity contribution in [2.75, 3.05) is 19.7 Å². The Morgan fingerprint density at radius 2 is 2.12 bits per heavy atom. The second kappa shape index (κ2) is 4.95. The van der Waals surface area contributed by atoms with E-state index in [1.807, 2.05) is 18.2 Å². The summed E-state index contributed by atoms with van der Waals surface area (Å²) < 4.78 is 0. The van der Waals surface area contributed by atoms with E-state index < -0.39 is 6.10 Å². The third-order valence-electron chi connectivity index (χ3n) is 3.43. The largest absolute Gasteiger partial charge is 0.395 e. The summed E-state index contributed by atoms with van der Waals surface area (Å²) >= 11 is 0. The van der Waals surface area contributed by atoms with Gasteiger partial charge >= 0.3 is 0 Å². The summed E-state index contributed by atoms with van der Waals surface area (Å²) in [6.45, 7) is 3.70. The van der Waals surface area contributed by atoms with E-state index in [0.717, 1.165) is 18.5 Å². The second-order valence-electron chi connectivity index (χ2n) is 4.27. The summed E-state index contributed by atoms with van der Waals surface area (Å²) in [6.07, 6.45) is 0.466. The van der Waals surface area contributed by atoms with Crippen molar-refractivity contribution < 1.29 is 10.2 Å². The molecule has 0 spiro atoms. The van der Waals surface area contributed by atoms with Crippen molar-refractivity contribution in [3.63, 3.8) is 0 Å². The van der Waals surface area contributed by atoms with E-state index in [1.54, 1.807) is 0 Å². The van der Waals surface area contributed by atoms with Gasteiger partial charge in [0.2, 0.25) is 0 Å². The normalized spacial score (nSPS) is 23.8. The molecule has 1 aliphatic rings. The van der Waals surface area contributed by atoms with Gasteiger partial charge in [0.25, 0.3) is 0 Å². The average Bonchev–Trinajstić information content (AvgIpc) is 2.64. The van der Waals surface area contributed by atoms with Crippen molar-refractivity contribution in [3.05, 3.63) is 35.4 Å². The van der Waals surface area contributed by atoms with Crippen LogP contribution in [0.5, 0.6) is 0 Å². The maximum absolute atomic E-state index is 10.2. The summed E-state index contributed by atoms with van der Waals surface area (Å²) in [4.78, 5) is 2.14. The number of nitrogens with zero attached hydrogens (tertiary/aromatic N) is 1. The zero-order chi connectivity index (χ0) is 11.5. The van der Waals surface area contributed by atoms with Crippen LogP contribution in [0.4, 0.5) is 0 Å². The highest BCUT2D eigenvalue weighted by molar-refractivity contribution is 5.35. The van der Waals surface area contributed by atoms with Gasteiger partial charge in [0, 0.05) is 12.6 Å². The van der Waals surface area contributed by atoms with Gasteiger partial charge in [0.05, 0.1) is 12.7 Å². The zero-order valence-corrected chi connectivity index (χ0v) is 9.63. The molecule has 16 heavy (non-hydrogen) atoms. The van der Waals surface area contributed by atoms with E-state index in [-0.39, 0.29) is 12.6 Å². The summed E-state index contributed by atoms with van der Waals surface area (Å²) in [6, 6.07) is 8.16. The van der Waals surface area contributed by atoms with Crippen molar-refractivity contribution in [1.29, 1.82) is 0 Å². The molecule has 0 amide bonds. The maximum Gasteiger partial charge on any atom is 0.0951 e. The smallest absolute Gasteiger partial charge is 0.0951 e. The first-order chi connectivity index (χ1) is 7.77. The molecule has 2 rings (SSSR count).